The average Bonchev–Trinajstić information content (AvgIpc) is 3.09. The van der Waals surface area contributed by atoms with Crippen LogP contribution in [0.5, 0.6) is 0 Å². The highest BCUT2D eigenvalue weighted by molar-refractivity contribution is 7.13. The summed E-state index contributed by atoms with van der Waals surface area (Å²) >= 11 is 1.46. The standard InChI is InChI=1S/C18H14N2O4S/c21-17(24-11-14-8-4-5-9-16(14)20(22)23)10-15-12-25-18(19-15)13-6-2-1-3-7-13/h1-9,12H,10-11H2. The number of hydrogen-bond donors (Lipinski definition) is 0. The fourth-order valence-corrected chi connectivity index (χ4v) is 3.10. The van der Waals surface area contributed by atoms with E-state index in [1.807, 2.05) is 35.7 Å². The Kier molecular flexibility index (Phi) is 5.15. The minimum absolute atomic E-state index is 0.0317. The van der Waals surface area contributed by atoms with Gasteiger partial charge in [0.05, 0.1) is 22.6 Å². The van der Waals surface area contributed by atoms with Crippen LogP contribution in [0.1, 0.15) is 11.3 Å². The Balaban J connectivity index is 1.61. The number of para-hydroxylation sites is 1. The van der Waals surface area contributed by atoms with Crippen LogP contribution in [0.25, 0.3) is 10.6 Å². The molecule has 0 spiro atoms. The summed E-state index contributed by atoms with van der Waals surface area (Å²) in [5.74, 6) is -0.469. The Bertz CT molecular complexity index is 893. The molecule has 0 aliphatic rings. The van der Waals surface area contributed by atoms with Gasteiger partial charge in [0.1, 0.15) is 11.6 Å². The van der Waals surface area contributed by atoms with Crippen molar-refractivity contribution in [2.75, 3.05) is 0 Å². The van der Waals surface area contributed by atoms with Gasteiger partial charge in [0.15, 0.2) is 0 Å². The van der Waals surface area contributed by atoms with Crippen molar-refractivity contribution < 1.29 is 14.5 Å². The molecule has 0 amide bonds. The summed E-state index contributed by atoms with van der Waals surface area (Å²) in [5.41, 5.74) is 1.92. The first-order valence-corrected chi connectivity index (χ1v) is 8.39. The van der Waals surface area contributed by atoms with Crippen molar-refractivity contribution in [1.82, 2.24) is 4.98 Å². The molecule has 0 radical (unpaired) electrons. The number of thiazole rings is 1. The molecule has 6 nitrogen and oxygen atoms in total. The molecule has 0 unspecified atom stereocenters. The molecule has 0 atom stereocenters. The molecule has 0 saturated heterocycles. The maximum atomic E-state index is 12.0. The number of benzene rings is 2. The Morgan fingerprint density at radius 3 is 2.60 bits per heavy atom. The first-order chi connectivity index (χ1) is 12.1. The topological polar surface area (TPSA) is 82.3 Å². The highest BCUT2D eigenvalue weighted by Crippen LogP contribution is 2.24. The summed E-state index contributed by atoms with van der Waals surface area (Å²) in [7, 11) is 0. The van der Waals surface area contributed by atoms with Gasteiger partial charge >= 0.3 is 5.97 Å². The number of carbonyl (C=O) groups excluding carboxylic acids is 1. The minimum Gasteiger partial charge on any atom is -0.460 e. The highest BCUT2D eigenvalue weighted by Gasteiger charge is 2.15. The van der Waals surface area contributed by atoms with Crippen molar-refractivity contribution in [2.45, 2.75) is 13.0 Å². The van der Waals surface area contributed by atoms with E-state index in [-0.39, 0.29) is 18.7 Å². The molecule has 1 heterocycles. The van der Waals surface area contributed by atoms with Crippen LogP contribution >= 0.6 is 11.3 Å². The minimum atomic E-state index is -0.490. The van der Waals surface area contributed by atoms with Gasteiger partial charge in [-0.3, -0.25) is 14.9 Å². The smallest absolute Gasteiger partial charge is 0.312 e. The number of hydrogen-bond acceptors (Lipinski definition) is 6. The van der Waals surface area contributed by atoms with Gasteiger partial charge in [-0.2, -0.15) is 0 Å². The van der Waals surface area contributed by atoms with Crippen LogP contribution in [0, 0.1) is 10.1 Å². The van der Waals surface area contributed by atoms with Crippen LogP contribution in [0.2, 0.25) is 0 Å². The maximum Gasteiger partial charge on any atom is 0.312 e. The predicted molar refractivity (Wildman–Crippen MR) is 94.1 cm³/mol. The number of esters is 1. The summed E-state index contributed by atoms with van der Waals surface area (Å²) in [6.45, 7) is -0.133. The molecule has 1 aromatic heterocycles. The van der Waals surface area contributed by atoms with E-state index >= 15 is 0 Å². The second kappa shape index (κ2) is 7.67. The van der Waals surface area contributed by atoms with Gasteiger partial charge in [-0.25, -0.2) is 4.98 Å². The third-order valence-corrected chi connectivity index (χ3v) is 4.42. The molecule has 0 saturated carbocycles. The summed E-state index contributed by atoms with van der Waals surface area (Å²) in [6, 6.07) is 15.9. The molecule has 0 bridgehead atoms. The lowest BCUT2D eigenvalue weighted by Gasteiger charge is -2.04. The van der Waals surface area contributed by atoms with E-state index in [1.165, 1.54) is 17.4 Å². The van der Waals surface area contributed by atoms with Crippen molar-refractivity contribution in [1.29, 1.82) is 0 Å². The Morgan fingerprint density at radius 1 is 1.12 bits per heavy atom. The lowest BCUT2D eigenvalue weighted by molar-refractivity contribution is -0.385. The zero-order chi connectivity index (χ0) is 17.6. The monoisotopic (exact) mass is 354 g/mol. The van der Waals surface area contributed by atoms with Gasteiger partial charge in [0, 0.05) is 17.0 Å². The molecule has 7 heteroatoms. The van der Waals surface area contributed by atoms with Crippen molar-refractivity contribution in [3.8, 4) is 10.6 Å². The molecule has 2 aromatic carbocycles. The summed E-state index contributed by atoms with van der Waals surface area (Å²) in [5, 5.41) is 13.6. The van der Waals surface area contributed by atoms with Crippen LogP contribution < -0.4 is 0 Å². The van der Waals surface area contributed by atoms with Gasteiger partial charge < -0.3 is 4.74 Å². The number of rotatable bonds is 6. The number of carbonyl (C=O) groups is 1. The molecule has 3 aromatic rings. The predicted octanol–water partition coefficient (Wildman–Crippen LogP) is 4.00. The van der Waals surface area contributed by atoms with E-state index in [1.54, 1.807) is 18.2 Å². The summed E-state index contributed by atoms with van der Waals surface area (Å²) < 4.78 is 5.16. The van der Waals surface area contributed by atoms with Gasteiger partial charge in [-0.05, 0) is 6.07 Å². The molecule has 3 rings (SSSR count). The van der Waals surface area contributed by atoms with E-state index in [4.69, 9.17) is 4.74 Å². The number of ether oxygens (including phenoxy) is 1. The lowest BCUT2D eigenvalue weighted by atomic mass is 10.2. The zero-order valence-corrected chi connectivity index (χ0v) is 13.9. The fraction of sp³-hybridized carbons (Fsp3) is 0.111. The SMILES string of the molecule is O=C(Cc1csc(-c2ccccc2)n1)OCc1ccccc1[N+](=O)[O-]. The van der Waals surface area contributed by atoms with E-state index in [0.29, 0.717) is 11.3 Å². The summed E-state index contributed by atoms with van der Waals surface area (Å²) in [4.78, 5) is 26.9. The maximum absolute atomic E-state index is 12.0. The molecule has 0 aliphatic heterocycles. The van der Waals surface area contributed by atoms with Gasteiger partial charge in [0.25, 0.3) is 5.69 Å². The molecule has 25 heavy (non-hydrogen) atoms. The van der Waals surface area contributed by atoms with Crippen LogP contribution in [0.15, 0.2) is 60.0 Å². The van der Waals surface area contributed by atoms with Crippen molar-refractivity contribution >= 4 is 23.0 Å². The Hall–Kier alpha value is -3.06. The number of nitrogens with zero attached hydrogens (tertiary/aromatic N) is 2. The van der Waals surface area contributed by atoms with E-state index < -0.39 is 10.9 Å². The van der Waals surface area contributed by atoms with Crippen molar-refractivity contribution in [2.24, 2.45) is 0 Å². The molecule has 0 fully saturated rings. The quantitative estimate of drug-likeness (QED) is 0.379. The van der Waals surface area contributed by atoms with Gasteiger partial charge in [-0.1, -0.05) is 42.5 Å². The van der Waals surface area contributed by atoms with Crippen molar-refractivity contribution in [3.05, 3.63) is 81.3 Å². The van der Waals surface area contributed by atoms with Gasteiger partial charge in [-0.15, -0.1) is 11.3 Å². The number of aromatic nitrogens is 1. The fourth-order valence-electron chi connectivity index (χ4n) is 2.27. The first-order valence-electron chi connectivity index (χ1n) is 7.51. The van der Waals surface area contributed by atoms with Crippen LogP contribution in [-0.2, 0) is 22.6 Å². The molecule has 0 aliphatic carbocycles. The van der Waals surface area contributed by atoms with Crippen LogP contribution in [-0.4, -0.2) is 15.9 Å². The van der Waals surface area contributed by atoms with Crippen LogP contribution in [0.3, 0.4) is 0 Å². The highest BCUT2D eigenvalue weighted by atomic mass is 32.1. The number of nitro groups is 1. The second-order valence-electron chi connectivity index (χ2n) is 5.23. The second-order valence-corrected chi connectivity index (χ2v) is 6.09. The Labute approximate surface area is 147 Å². The van der Waals surface area contributed by atoms with E-state index in [2.05, 4.69) is 4.98 Å². The van der Waals surface area contributed by atoms with Crippen LogP contribution in [0.4, 0.5) is 5.69 Å². The molecular formula is C18H14N2O4S. The van der Waals surface area contributed by atoms with E-state index in [9.17, 15) is 14.9 Å². The largest absolute Gasteiger partial charge is 0.460 e. The third-order valence-electron chi connectivity index (χ3n) is 3.47. The lowest BCUT2D eigenvalue weighted by Crippen LogP contribution is -2.09. The molecular weight excluding hydrogens is 340 g/mol. The zero-order valence-electron chi connectivity index (χ0n) is 13.1. The average molecular weight is 354 g/mol. The molecule has 126 valence electrons. The summed E-state index contributed by atoms with van der Waals surface area (Å²) in [6.07, 6.45) is 0.0317. The first kappa shape index (κ1) is 16.8. The third kappa shape index (κ3) is 4.27. The van der Waals surface area contributed by atoms with Gasteiger partial charge in [0.2, 0.25) is 0 Å². The normalized spacial score (nSPS) is 10.4. The Morgan fingerprint density at radius 2 is 1.84 bits per heavy atom. The van der Waals surface area contributed by atoms with E-state index in [0.717, 1.165) is 10.6 Å². The number of nitro benzene ring substituents is 1. The molecule has 0 N–H and O–H groups in total. The van der Waals surface area contributed by atoms with Crippen molar-refractivity contribution in [3.63, 3.8) is 0 Å².